The number of hydrogen-bond donors (Lipinski definition) is 1. The van der Waals surface area contributed by atoms with Crippen molar-refractivity contribution >= 4 is 45.0 Å². The van der Waals surface area contributed by atoms with Gasteiger partial charge in [0.1, 0.15) is 17.6 Å². The molecule has 0 radical (unpaired) electrons. The number of thiophene rings is 1. The van der Waals surface area contributed by atoms with Crippen LogP contribution in [-0.4, -0.2) is 22.6 Å². The molecular formula is C23H20ClN3O2S. The molecule has 1 amide bonds. The van der Waals surface area contributed by atoms with Crippen LogP contribution >= 0.6 is 22.9 Å². The second kappa shape index (κ2) is 8.73. The topological polar surface area (TPSA) is 56.1 Å². The fraction of sp³-hybridized carbons (Fsp3) is 0.130. The number of halogens is 1. The normalized spacial score (nSPS) is 12.4. The molecule has 1 unspecified atom stereocenters. The molecule has 2 aromatic heterocycles. The lowest BCUT2D eigenvalue weighted by atomic mass is 10.0. The predicted octanol–water partition coefficient (Wildman–Crippen LogP) is 5.22. The molecule has 0 saturated carbocycles. The van der Waals surface area contributed by atoms with Crippen LogP contribution in [0.4, 0.5) is 0 Å². The third kappa shape index (κ3) is 3.97. The number of benzene rings is 2. The lowest BCUT2D eigenvalue weighted by molar-refractivity contribution is -0.117. The van der Waals surface area contributed by atoms with Crippen molar-refractivity contribution < 1.29 is 9.53 Å². The smallest absolute Gasteiger partial charge is 0.244 e. The zero-order valence-corrected chi connectivity index (χ0v) is 18.1. The van der Waals surface area contributed by atoms with Crippen molar-refractivity contribution in [3.8, 4) is 5.75 Å². The Kier molecular flexibility index (Phi) is 5.88. The number of amides is 1. The van der Waals surface area contributed by atoms with E-state index in [1.807, 2.05) is 66.3 Å². The standard InChI is InChI=1S/C23H20ClN3O2S/c1-27-14-13-25-23(27)22(15-7-3-5-9-17(15)29-2)26-20(28)12-11-19-21(24)16-8-4-6-10-18(16)30-19/h3-14,22H,1-2H3,(H,26,28)/b12-11+. The van der Waals surface area contributed by atoms with Crippen molar-refractivity contribution in [1.82, 2.24) is 14.9 Å². The summed E-state index contributed by atoms with van der Waals surface area (Å²) in [6.07, 6.45) is 6.80. The van der Waals surface area contributed by atoms with Crippen molar-refractivity contribution in [2.45, 2.75) is 6.04 Å². The summed E-state index contributed by atoms with van der Waals surface area (Å²) in [5.74, 6) is 1.14. The van der Waals surface area contributed by atoms with Crippen molar-refractivity contribution in [2.75, 3.05) is 7.11 Å². The summed E-state index contributed by atoms with van der Waals surface area (Å²) < 4.78 is 8.47. The predicted molar refractivity (Wildman–Crippen MR) is 122 cm³/mol. The number of para-hydroxylation sites is 1. The summed E-state index contributed by atoms with van der Waals surface area (Å²) in [6.45, 7) is 0. The van der Waals surface area contributed by atoms with E-state index in [9.17, 15) is 4.79 Å². The monoisotopic (exact) mass is 437 g/mol. The molecule has 4 aromatic rings. The maximum atomic E-state index is 12.8. The zero-order valence-electron chi connectivity index (χ0n) is 16.5. The molecule has 152 valence electrons. The maximum Gasteiger partial charge on any atom is 0.244 e. The summed E-state index contributed by atoms with van der Waals surface area (Å²) in [6, 6.07) is 15.0. The molecule has 0 fully saturated rings. The van der Waals surface area contributed by atoms with Crippen LogP contribution in [0.25, 0.3) is 16.2 Å². The van der Waals surface area contributed by atoms with Crippen LogP contribution in [0.3, 0.4) is 0 Å². The van der Waals surface area contributed by atoms with E-state index in [0.29, 0.717) is 16.6 Å². The van der Waals surface area contributed by atoms with E-state index in [4.69, 9.17) is 16.3 Å². The van der Waals surface area contributed by atoms with Crippen LogP contribution in [0.15, 0.2) is 67.0 Å². The lowest BCUT2D eigenvalue weighted by Gasteiger charge is -2.20. The Bertz CT molecular complexity index is 1230. The number of methoxy groups -OCH3 is 1. The highest BCUT2D eigenvalue weighted by Gasteiger charge is 2.23. The minimum Gasteiger partial charge on any atom is -0.496 e. The van der Waals surface area contributed by atoms with E-state index >= 15 is 0 Å². The van der Waals surface area contributed by atoms with Gasteiger partial charge < -0.3 is 14.6 Å². The highest BCUT2D eigenvalue weighted by atomic mass is 35.5. The first-order valence-electron chi connectivity index (χ1n) is 9.34. The van der Waals surface area contributed by atoms with Crippen LogP contribution in [0.2, 0.25) is 5.02 Å². The molecule has 2 heterocycles. The van der Waals surface area contributed by atoms with Gasteiger partial charge >= 0.3 is 0 Å². The molecule has 2 aromatic carbocycles. The largest absolute Gasteiger partial charge is 0.496 e. The first-order valence-corrected chi connectivity index (χ1v) is 10.5. The van der Waals surface area contributed by atoms with Crippen LogP contribution in [0, 0.1) is 0 Å². The number of nitrogens with one attached hydrogen (secondary N) is 1. The van der Waals surface area contributed by atoms with Crippen molar-refractivity contribution in [3.63, 3.8) is 0 Å². The third-order valence-corrected chi connectivity index (χ3v) is 6.45. The molecule has 7 heteroatoms. The van der Waals surface area contributed by atoms with Crippen molar-refractivity contribution in [1.29, 1.82) is 0 Å². The van der Waals surface area contributed by atoms with Crippen molar-refractivity contribution in [3.05, 3.63) is 88.3 Å². The number of aromatic nitrogens is 2. The van der Waals surface area contributed by atoms with E-state index in [1.165, 1.54) is 6.08 Å². The average molecular weight is 438 g/mol. The molecule has 0 aliphatic carbocycles. The van der Waals surface area contributed by atoms with Gasteiger partial charge in [-0.2, -0.15) is 0 Å². The van der Waals surface area contributed by atoms with E-state index in [1.54, 1.807) is 30.7 Å². The average Bonchev–Trinajstić information content (AvgIpc) is 3.33. The molecule has 0 aliphatic rings. The molecule has 1 N–H and O–H groups in total. The number of ether oxygens (including phenoxy) is 1. The fourth-order valence-electron chi connectivity index (χ4n) is 3.32. The lowest BCUT2D eigenvalue weighted by Crippen LogP contribution is -2.30. The molecular weight excluding hydrogens is 418 g/mol. The fourth-order valence-corrected chi connectivity index (χ4v) is 4.72. The first-order chi connectivity index (χ1) is 14.6. The highest BCUT2D eigenvalue weighted by molar-refractivity contribution is 7.20. The number of hydrogen-bond acceptors (Lipinski definition) is 4. The van der Waals surface area contributed by atoms with Gasteiger partial charge in [-0.3, -0.25) is 4.79 Å². The Labute approximate surface area is 183 Å². The Morgan fingerprint density at radius 1 is 1.23 bits per heavy atom. The second-order valence-electron chi connectivity index (χ2n) is 6.69. The minimum absolute atomic E-state index is 0.248. The van der Waals surface area contributed by atoms with Crippen LogP contribution in [0.5, 0.6) is 5.75 Å². The Balaban J connectivity index is 1.63. The zero-order chi connectivity index (χ0) is 21.1. The van der Waals surface area contributed by atoms with Gasteiger partial charge in [0.2, 0.25) is 5.91 Å². The first kappa shape index (κ1) is 20.2. The van der Waals surface area contributed by atoms with Gasteiger partial charge in [0.05, 0.1) is 12.1 Å². The quantitative estimate of drug-likeness (QED) is 0.421. The number of aryl methyl sites for hydroxylation is 1. The van der Waals surface area contributed by atoms with Gasteiger partial charge in [-0.15, -0.1) is 11.3 Å². The van der Waals surface area contributed by atoms with Crippen LogP contribution in [0.1, 0.15) is 22.3 Å². The van der Waals surface area contributed by atoms with Gasteiger partial charge in [0.25, 0.3) is 0 Å². The summed E-state index contributed by atoms with van der Waals surface area (Å²) in [4.78, 5) is 18.1. The van der Waals surface area contributed by atoms with Gasteiger partial charge in [0.15, 0.2) is 0 Å². The summed E-state index contributed by atoms with van der Waals surface area (Å²) >= 11 is 8.03. The van der Waals surface area contributed by atoms with Gasteiger partial charge in [-0.05, 0) is 18.2 Å². The summed E-state index contributed by atoms with van der Waals surface area (Å²) in [7, 11) is 3.50. The molecule has 0 bridgehead atoms. The van der Waals surface area contributed by atoms with Crippen molar-refractivity contribution in [2.24, 2.45) is 7.05 Å². The molecule has 5 nitrogen and oxygen atoms in total. The van der Waals surface area contributed by atoms with Gasteiger partial charge in [0, 0.05) is 46.0 Å². The van der Waals surface area contributed by atoms with E-state index < -0.39 is 6.04 Å². The number of rotatable bonds is 6. The van der Waals surface area contributed by atoms with E-state index in [0.717, 1.165) is 20.5 Å². The Hall–Kier alpha value is -3.09. The SMILES string of the molecule is COc1ccccc1C(NC(=O)/C=C/c1sc2ccccc2c1Cl)c1nccn1C. The van der Waals surface area contributed by atoms with Gasteiger partial charge in [-0.25, -0.2) is 4.98 Å². The van der Waals surface area contributed by atoms with Gasteiger partial charge in [-0.1, -0.05) is 48.0 Å². The van der Waals surface area contributed by atoms with E-state index in [2.05, 4.69) is 10.3 Å². The Morgan fingerprint density at radius 3 is 2.73 bits per heavy atom. The summed E-state index contributed by atoms with van der Waals surface area (Å²) in [5.41, 5.74) is 0.830. The number of carbonyl (C=O) groups excluding carboxylic acids is 1. The van der Waals surface area contributed by atoms with Crippen LogP contribution in [-0.2, 0) is 11.8 Å². The number of nitrogens with zero attached hydrogens (tertiary/aromatic N) is 2. The summed E-state index contributed by atoms with van der Waals surface area (Å²) in [5, 5.41) is 4.69. The minimum atomic E-state index is -0.462. The molecule has 0 saturated heterocycles. The number of imidazole rings is 1. The molecule has 30 heavy (non-hydrogen) atoms. The van der Waals surface area contributed by atoms with E-state index in [-0.39, 0.29) is 5.91 Å². The molecule has 4 rings (SSSR count). The van der Waals surface area contributed by atoms with Crippen LogP contribution < -0.4 is 10.1 Å². The second-order valence-corrected chi connectivity index (χ2v) is 8.15. The molecule has 0 spiro atoms. The maximum absolute atomic E-state index is 12.8. The molecule has 0 aliphatic heterocycles. The number of carbonyl (C=O) groups is 1. The molecule has 1 atom stereocenters. The third-order valence-electron chi connectivity index (χ3n) is 4.80. The highest BCUT2D eigenvalue weighted by Crippen LogP contribution is 2.36. The Morgan fingerprint density at radius 2 is 2.00 bits per heavy atom. The number of fused-ring (bicyclic) bond motifs is 1.